The quantitative estimate of drug-likeness (QED) is 0.554. The fraction of sp³-hybridized carbons (Fsp3) is 0.538. The molecule has 4 nitrogen and oxygen atoms in total. The van der Waals surface area contributed by atoms with Crippen molar-refractivity contribution >= 4 is 10.4 Å². The molecule has 0 aliphatic rings. The molecular weight excluding hydrogens is 252 g/mol. The molecule has 0 spiro atoms. The highest BCUT2D eigenvalue weighted by molar-refractivity contribution is 7.80. The standard InChI is InChI=1S/C13H20O4S/c14-18(15,16)17-12-8-3-1-2-5-9-13-10-6-4-7-11-13/h4,6-7,10-11H,1-3,5,8-9,12H2,(H,14,15,16). The van der Waals surface area contributed by atoms with Crippen molar-refractivity contribution in [2.45, 2.75) is 38.5 Å². The minimum atomic E-state index is -4.26. The molecule has 102 valence electrons. The predicted octanol–water partition coefficient (Wildman–Crippen LogP) is 3.00. The first-order valence-electron chi connectivity index (χ1n) is 6.24. The molecule has 0 atom stereocenters. The van der Waals surface area contributed by atoms with E-state index in [0.29, 0.717) is 6.42 Å². The zero-order valence-corrected chi connectivity index (χ0v) is 11.2. The van der Waals surface area contributed by atoms with Crippen molar-refractivity contribution in [1.82, 2.24) is 0 Å². The first kappa shape index (κ1) is 15.1. The fourth-order valence-corrected chi connectivity index (χ4v) is 2.10. The number of rotatable bonds is 9. The normalized spacial score (nSPS) is 11.6. The summed E-state index contributed by atoms with van der Waals surface area (Å²) in [5.41, 5.74) is 1.35. The van der Waals surface area contributed by atoms with E-state index in [9.17, 15) is 8.42 Å². The van der Waals surface area contributed by atoms with Crippen molar-refractivity contribution in [3.8, 4) is 0 Å². The highest BCUT2D eigenvalue weighted by Gasteiger charge is 2.02. The van der Waals surface area contributed by atoms with Crippen LogP contribution in [-0.2, 0) is 21.0 Å². The van der Waals surface area contributed by atoms with Crippen LogP contribution in [0.3, 0.4) is 0 Å². The lowest BCUT2D eigenvalue weighted by molar-refractivity contribution is 0.261. The van der Waals surface area contributed by atoms with Gasteiger partial charge in [0.2, 0.25) is 0 Å². The van der Waals surface area contributed by atoms with Crippen LogP contribution in [0.4, 0.5) is 0 Å². The second kappa shape index (κ2) is 8.24. The van der Waals surface area contributed by atoms with Gasteiger partial charge in [0.05, 0.1) is 6.61 Å². The van der Waals surface area contributed by atoms with Gasteiger partial charge in [0.25, 0.3) is 0 Å². The second-order valence-electron chi connectivity index (χ2n) is 4.25. The van der Waals surface area contributed by atoms with Crippen LogP contribution in [0, 0.1) is 0 Å². The van der Waals surface area contributed by atoms with Gasteiger partial charge < -0.3 is 0 Å². The average Bonchev–Trinajstić information content (AvgIpc) is 2.32. The molecule has 0 saturated heterocycles. The molecule has 0 aliphatic heterocycles. The third-order valence-corrected chi connectivity index (χ3v) is 3.15. The van der Waals surface area contributed by atoms with Crippen LogP contribution < -0.4 is 0 Å². The monoisotopic (exact) mass is 272 g/mol. The average molecular weight is 272 g/mol. The molecule has 0 unspecified atom stereocenters. The topological polar surface area (TPSA) is 63.6 Å². The molecule has 18 heavy (non-hydrogen) atoms. The second-order valence-corrected chi connectivity index (χ2v) is 5.34. The van der Waals surface area contributed by atoms with Crippen LogP contribution in [0.25, 0.3) is 0 Å². The van der Waals surface area contributed by atoms with Gasteiger partial charge in [-0.1, -0.05) is 49.6 Å². The van der Waals surface area contributed by atoms with E-state index in [4.69, 9.17) is 4.55 Å². The van der Waals surface area contributed by atoms with Gasteiger partial charge in [-0.2, -0.15) is 8.42 Å². The highest BCUT2D eigenvalue weighted by Crippen LogP contribution is 2.09. The molecule has 0 aliphatic carbocycles. The molecule has 0 aromatic heterocycles. The Morgan fingerprint density at radius 2 is 1.56 bits per heavy atom. The maximum absolute atomic E-state index is 10.3. The van der Waals surface area contributed by atoms with E-state index in [2.05, 4.69) is 16.3 Å². The highest BCUT2D eigenvalue weighted by atomic mass is 32.3. The van der Waals surface area contributed by atoms with E-state index < -0.39 is 10.4 Å². The summed E-state index contributed by atoms with van der Waals surface area (Å²) in [4.78, 5) is 0. The maximum Gasteiger partial charge on any atom is 0.397 e. The summed E-state index contributed by atoms with van der Waals surface area (Å²) in [6.07, 6.45) is 5.99. The van der Waals surface area contributed by atoms with Crippen LogP contribution >= 0.6 is 0 Å². The molecule has 0 fully saturated rings. The van der Waals surface area contributed by atoms with E-state index in [1.807, 2.05) is 18.2 Å². The molecule has 0 amide bonds. The maximum atomic E-state index is 10.3. The molecule has 0 radical (unpaired) electrons. The Hall–Kier alpha value is -0.910. The largest absolute Gasteiger partial charge is 0.397 e. The fourth-order valence-electron chi connectivity index (χ4n) is 1.77. The summed E-state index contributed by atoms with van der Waals surface area (Å²) < 4.78 is 33.1. The van der Waals surface area contributed by atoms with Crippen molar-refractivity contribution in [2.75, 3.05) is 6.61 Å². The van der Waals surface area contributed by atoms with Gasteiger partial charge in [-0.25, -0.2) is 4.18 Å². The van der Waals surface area contributed by atoms with Crippen molar-refractivity contribution in [3.63, 3.8) is 0 Å². The van der Waals surface area contributed by atoms with Gasteiger partial charge in [-0.3, -0.25) is 4.55 Å². The Kier molecular flexibility index (Phi) is 6.93. The minimum Gasteiger partial charge on any atom is -0.264 e. The smallest absolute Gasteiger partial charge is 0.264 e. The van der Waals surface area contributed by atoms with E-state index in [-0.39, 0.29) is 6.61 Å². The van der Waals surface area contributed by atoms with Gasteiger partial charge in [0.15, 0.2) is 0 Å². The Bertz CT molecular complexity index is 414. The molecule has 1 N–H and O–H groups in total. The van der Waals surface area contributed by atoms with Crippen LogP contribution in [0.2, 0.25) is 0 Å². The minimum absolute atomic E-state index is 0.0670. The molecular formula is C13H20O4S. The summed E-state index contributed by atoms with van der Waals surface area (Å²) in [6, 6.07) is 10.3. The number of aryl methyl sites for hydroxylation is 1. The molecule has 1 aromatic rings. The molecule has 5 heteroatoms. The SMILES string of the molecule is O=S(=O)(O)OCCCCCCCc1ccccc1. The van der Waals surface area contributed by atoms with Crippen LogP contribution in [0.5, 0.6) is 0 Å². The molecule has 0 bridgehead atoms. The summed E-state index contributed by atoms with van der Waals surface area (Å²) in [7, 11) is -4.26. The third-order valence-electron chi connectivity index (χ3n) is 2.68. The van der Waals surface area contributed by atoms with Crippen LogP contribution in [-0.4, -0.2) is 19.6 Å². The lowest BCUT2D eigenvalue weighted by atomic mass is 10.1. The van der Waals surface area contributed by atoms with Gasteiger partial charge in [0.1, 0.15) is 0 Å². The summed E-state index contributed by atoms with van der Waals surface area (Å²) in [5.74, 6) is 0. The van der Waals surface area contributed by atoms with E-state index >= 15 is 0 Å². The Labute approximate surface area is 109 Å². The summed E-state index contributed by atoms with van der Waals surface area (Å²) in [5, 5.41) is 0. The number of benzene rings is 1. The van der Waals surface area contributed by atoms with Gasteiger partial charge in [-0.05, 0) is 24.8 Å². The molecule has 1 rings (SSSR count). The Morgan fingerprint density at radius 1 is 0.944 bits per heavy atom. The summed E-state index contributed by atoms with van der Waals surface area (Å²) >= 11 is 0. The van der Waals surface area contributed by atoms with Crippen molar-refractivity contribution in [3.05, 3.63) is 35.9 Å². The lowest BCUT2D eigenvalue weighted by Gasteiger charge is -2.02. The molecule has 0 heterocycles. The number of hydrogen-bond acceptors (Lipinski definition) is 3. The van der Waals surface area contributed by atoms with Crippen molar-refractivity contribution in [2.24, 2.45) is 0 Å². The van der Waals surface area contributed by atoms with Gasteiger partial charge in [0, 0.05) is 0 Å². The first-order chi connectivity index (χ1) is 8.58. The zero-order valence-electron chi connectivity index (χ0n) is 10.4. The van der Waals surface area contributed by atoms with E-state index in [1.54, 1.807) is 0 Å². The molecule has 1 aromatic carbocycles. The van der Waals surface area contributed by atoms with Crippen LogP contribution in [0.1, 0.15) is 37.7 Å². The van der Waals surface area contributed by atoms with Crippen LogP contribution in [0.15, 0.2) is 30.3 Å². The van der Waals surface area contributed by atoms with Gasteiger partial charge in [-0.15, -0.1) is 0 Å². The van der Waals surface area contributed by atoms with Crippen molar-refractivity contribution < 1.29 is 17.2 Å². The number of hydrogen-bond donors (Lipinski definition) is 1. The third kappa shape index (κ3) is 8.22. The van der Waals surface area contributed by atoms with E-state index in [1.165, 1.54) is 5.56 Å². The Morgan fingerprint density at radius 3 is 2.22 bits per heavy atom. The van der Waals surface area contributed by atoms with Crippen molar-refractivity contribution in [1.29, 1.82) is 0 Å². The molecule has 0 saturated carbocycles. The zero-order chi connectivity index (χ0) is 13.3. The van der Waals surface area contributed by atoms with Gasteiger partial charge >= 0.3 is 10.4 Å². The number of unbranched alkanes of at least 4 members (excludes halogenated alkanes) is 4. The Balaban J connectivity index is 1.93. The first-order valence-corrected chi connectivity index (χ1v) is 7.60. The summed E-state index contributed by atoms with van der Waals surface area (Å²) in [6.45, 7) is 0.0670. The lowest BCUT2D eigenvalue weighted by Crippen LogP contribution is -2.04. The predicted molar refractivity (Wildman–Crippen MR) is 70.7 cm³/mol. The van der Waals surface area contributed by atoms with E-state index in [0.717, 1.165) is 32.1 Å².